The fraction of sp³-hybridized carbons (Fsp3) is 0.500. The highest BCUT2D eigenvalue weighted by atomic mass is 16.5. The Morgan fingerprint density at radius 3 is 2.65 bits per heavy atom. The number of ether oxygens (including phenoxy) is 3. The van der Waals surface area contributed by atoms with Crippen LogP contribution in [0.4, 0.5) is 5.69 Å². The van der Waals surface area contributed by atoms with Gasteiger partial charge in [0, 0.05) is 12.3 Å². The van der Waals surface area contributed by atoms with Gasteiger partial charge in [-0.2, -0.15) is 0 Å². The molecule has 0 saturated carbocycles. The molecular weight excluding hydrogens is 302 g/mol. The minimum absolute atomic E-state index is 0.260. The van der Waals surface area contributed by atoms with E-state index >= 15 is 0 Å². The number of nitrogens with one attached hydrogen (secondary N) is 1. The predicted molar refractivity (Wildman–Crippen MR) is 84.8 cm³/mol. The monoisotopic (exact) mass is 325 g/mol. The Hall–Kier alpha value is -2.12. The molecule has 2 N–H and O–H groups in total. The van der Waals surface area contributed by atoms with E-state index in [9.17, 15) is 9.59 Å². The molecule has 0 bridgehead atoms. The average Bonchev–Trinajstić information content (AvgIpc) is 2.51. The SMILES string of the molecule is CCOCCOC(C)C(=O)Nc1ccc(OCC(=O)O)cc1C. The number of amides is 1. The van der Waals surface area contributed by atoms with Crippen molar-refractivity contribution in [2.24, 2.45) is 0 Å². The Morgan fingerprint density at radius 2 is 2.04 bits per heavy atom. The smallest absolute Gasteiger partial charge is 0.341 e. The Morgan fingerprint density at radius 1 is 1.30 bits per heavy atom. The third-order valence-electron chi connectivity index (χ3n) is 2.99. The zero-order chi connectivity index (χ0) is 17.2. The molecule has 0 fully saturated rings. The van der Waals surface area contributed by atoms with E-state index in [0.29, 0.717) is 31.3 Å². The summed E-state index contributed by atoms with van der Waals surface area (Å²) in [7, 11) is 0. The van der Waals surface area contributed by atoms with Gasteiger partial charge >= 0.3 is 5.97 Å². The van der Waals surface area contributed by atoms with Crippen LogP contribution < -0.4 is 10.1 Å². The fourth-order valence-corrected chi connectivity index (χ4v) is 1.75. The number of hydrogen-bond acceptors (Lipinski definition) is 5. The van der Waals surface area contributed by atoms with Crippen LogP contribution in [-0.2, 0) is 19.1 Å². The lowest BCUT2D eigenvalue weighted by molar-refractivity contribution is -0.139. The minimum Gasteiger partial charge on any atom is -0.482 e. The number of rotatable bonds is 10. The van der Waals surface area contributed by atoms with E-state index in [-0.39, 0.29) is 5.91 Å². The van der Waals surface area contributed by atoms with E-state index in [4.69, 9.17) is 19.3 Å². The summed E-state index contributed by atoms with van der Waals surface area (Å²) in [4.78, 5) is 22.5. The summed E-state index contributed by atoms with van der Waals surface area (Å²) in [5.74, 6) is -0.870. The van der Waals surface area contributed by atoms with Crippen molar-refractivity contribution in [2.75, 3.05) is 31.7 Å². The number of hydrogen-bond donors (Lipinski definition) is 2. The van der Waals surface area contributed by atoms with Crippen LogP contribution in [0.1, 0.15) is 19.4 Å². The van der Waals surface area contributed by atoms with Crippen LogP contribution in [0.3, 0.4) is 0 Å². The van der Waals surface area contributed by atoms with Crippen molar-refractivity contribution in [1.29, 1.82) is 0 Å². The number of benzene rings is 1. The Bertz CT molecular complexity index is 531. The van der Waals surface area contributed by atoms with Gasteiger partial charge in [0.05, 0.1) is 13.2 Å². The van der Waals surface area contributed by atoms with Crippen LogP contribution in [0.15, 0.2) is 18.2 Å². The standard InChI is InChI=1S/C16H23NO6/c1-4-21-7-8-22-12(3)16(20)17-14-6-5-13(9-11(14)2)23-10-15(18)19/h5-6,9,12H,4,7-8,10H2,1-3H3,(H,17,20)(H,18,19). The highest BCUT2D eigenvalue weighted by Gasteiger charge is 2.14. The first kappa shape index (κ1) is 18.9. The van der Waals surface area contributed by atoms with Crippen molar-refractivity contribution in [3.63, 3.8) is 0 Å². The maximum absolute atomic E-state index is 12.0. The largest absolute Gasteiger partial charge is 0.482 e. The van der Waals surface area contributed by atoms with Gasteiger partial charge in [-0.25, -0.2) is 4.79 Å². The van der Waals surface area contributed by atoms with Crippen LogP contribution >= 0.6 is 0 Å². The molecule has 1 rings (SSSR count). The van der Waals surface area contributed by atoms with E-state index in [0.717, 1.165) is 5.56 Å². The van der Waals surface area contributed by atoms with Crippen molar-refractivity contribution in [3.05, 3.63) is 23.8 Å². The van der Waals surface area contributed by atoms with Crippen LogP contribution in [0.25, 0.3) is 0 Å². The van der Waals surface area contributed by atoms with Gasteiger partial charge in [-0.3, -0.25) is 4.79 Å². The van der Waals surface area contributed by atoms with E-state index in [2.05, 4.69) is 5.32 Å². The summed E-state index contributed by atoms with van der Waals surface area (Å²) in [6.07, 6.45) is -0.599. The van der Waals surface area contributed by atoms with Gasteiger partial charge in [0.1, 0.15) is 11.9 Å². The second-order valence-corrected chi connectivity index (χ2v) is 4.86. The predicted octanol–water partition coefficient (Wildman–Crippen LogP) is 1.84. The lowest BCUT2D eigenvalue weighted by Crippen LogP contribution is -2.29. The number of aryl methyl sites for hydroxylation is 1. The normalized spacial score (nSPS) is 11.8. The molecule has 1 aromatic carbocycles. The van der Waals surface area contributed by atoms with Crippen LogP contribution in [0, 0.1) is 6.92 Å². The van der Waals surface area contributed by atoms with Crippen LogP contribution in [0.5, 0.6) is 5.75 Å². The first-order valence-corrected chi connectivity index (χ1v) is 7.39. The number of aliphatic carboxylic acids is 1. The molecule has 0 aromatic heterocycles. The molecule has 1 atom stereocenters. The lowest BCUT2D eigenvalue weighted by Gasteiger charge is -2.15. The molecule has 1 unspecified atom stereocenters. The zero-order valence-electron chi connectivity index (χ0n) is 13.6. The van der Waals surface area contributed by atoms with Crippen LogP contribution in [0.2, 0.25) is 0 Å². The first-order valence-electron chi connectivity index (χ1n) is 7.39. The molecule has 7 nitrogen and oxygen atoms in total. The highest BCUT2D eigenvalue weighted by molar-refractivity contribution is 5.94. The van der Waals surface area contributed by atoms with Gasteiger partial charge in [0.25, 0.3) is 5.91 Å². The molecule has 7 heteroatoms. The first-order chi connectivity index (χ1) is 10.9. The summed E-state index contributed by atoms with van der Waals surface area (Å²) < 4.78 is 15.6. The Kier molecular flexibility index (Phi) is 8.07. The maximum atomic E-state index is 12.0. The van der Waals surface area contributed by atoms with Crippen molar-refractivity contribution in [3.8, 4) is 5.75 Å². The van der Waals surface area contributed by atoms with Crippen molar-refractivity contribution in [1.82, 2.24) is 0 Å². The maximum Gasteiger partial charge on any atom is 0.341 e. The molecular formula is C16H23NO6. The van der Waals surface area contributed by atoms with Crippen molar-refractivity contribution >= 4 is 17.6 Å². The second-order valence-electron chi connectivity index (χ2n) is 4.86. The molecule has 0 aliphatic heterocycles. The number of carboxylic acids is 1. The van der Waals surface area contributed by atoms with Gasteiger partial charge < -0.3 is 24.6 Å². The molecule has 0 saturated heterocycles. The summed E-state index contributed by atoms with van der Waals surface area (Å²) in [5, 5.41) is 11.3. The fourth-order valence-electron chi connectivity index (χ4n) is 1.75. The summed E-state index contributed by atoms with van der Waals surface area (Å²) in [5.41, 5.74) is 1.39. The lowest BCUT2D eigenvalue weighted by atomic mass is 10.2. The minimum atomic E-state index is -1.04. The zero-order valence-corrected chi connectivity index (χ0v) is 13.6. The summed E-state index contributed by atoms with van der Waals surface area (Å²) >= 11 is 0. The molecule has 128 valence electrons. The van der Waals surface area contributed by atoms with Gasteiger partial charge in [0.2, 0.25) is 0 Å². The summed E-state index contributed by atoms with van der Waals surface area (Å²) in [6.45, 7) is 6.36. The molecule has 0 aliphatic rings. The molecule has 23 heavy (non-hydrogen) atoms. The average molecular weight is 325 g/mol. The highest BCUT2D eigenvalue weighted by Crippen LogP contribution is 2.21. The number of carboxylic acid groups (broad SMARTS) is 1. The van der Waals surface area contributed by atoms with Gasteiger partial charge in [-0.15, -0.1) is 0 Å². The molecule has 0 aliphatic carbocycles. The second kappa shape index (κ2) is 9.81. The molecule has 1 amide bonds. The Labute approximate surface area is 135 Å². The van der Waals surface area contributed by atoms with E-state index < -0.39 is 18.7 Å². The van der Waals surface area contributed by atoms with E-state index in [1.807, 2.05) is 6.92 Å². The third kappa shape index (κ3) is 7.12. The van der Waals surface area contributed by atoms with Crippen LogP contribution in [-0.4, -0.2) is 49.5 Å². The third-order valence-corrected chi connectivity index (χ3v) is 2.99. The number of anilines is 1. The molecule has 0 heterocycles. The van der Waals surface area contributed by atoms with Gasteiger partial charge in [0.15, 0.2) is 6.61 Å². The molecule has 0 radical (unpaired) electrons. The van der Waals surface area contributed by atoms with Crippen molar-refractivity contribution in [2.45, 2.75) is 26.9 Å². The van der Waals surface area contributed by atoms with Gasteiger partial charge in [-0.05, 0) is 44.5 Å². The molecule has 1 aromatic rings. The quantitative estimate of drug-likeness (QED) is 0.638. The van der Waals surface area contributed by atoms with Crippen molar-refractivity contribution < 1.29 is 28.9 Å². The number of carbonyl (C=O) groups excluding carboxylic acids is 1. The topological polar surface area (TPSA) is 94.1 Å². The molecule has 0 spiro atoms. The summed E-state index contributed by atoms with van der Waals surface area (Å²) in [6, 6.07) is 4.93. The Balaban J connectivity index is 2.52. The van der Waals surface area contributed by atoms with E-state index in [1.165, 1.54) is 0 Å². The number of carbonyl (C=O) groups is 2. The van der Waals surface area contributed by atoms with E-state index in [1.54, 1.807) is 32.0 Å². The van der Waals surface area contributed by atoms with Gasteiger partial charge in [-0.1, -0.05) is 0 Å².